The number of ketones is 1. The number of carbonyl (C=O) groups excluding carboxylic acids is 1. The predicted molar refractivity (Wildman–Crippen MR) is 90.4 cm³/mol. The van der Waals surface area contributed by atoms with Crippen molar-refractivity contribution in [3.63, 3.8) is 0 Å². The van der Waals surface area contributed by atoms with E-state index >= 15 is 0 Å². The molecule has 2 aliphatic rings. The standard InChI is InChI=1S/C17H26N4O/c1-18-13-5-9-16(20-3,10-6-13)15(22)17(21-4)11-7-14(19-2)8-12-17/h5-9,11,18-21H,10,12H2,1-4H3. The quantitative estimate of drug-likeness (QED) is 0.579. The summed E-state index contributed by atoms with van der Waals surface area (Å²) >= 11 is 0. The molecule has 0 radical (unpaired) electrons. The van der Waals surface area contributed by atoms with Crippen LogP contribution < -0.4 is 21.3 Å². The summed E-state index contributed by atoms with van der Waals surface area (Å²) < 4.78 is 0. The molecule has 0 fully saturated rings. The van der Waals surface area contributed by atoms with Gasteiger partial charge < -0.3 is 21.3 Å². The van der Waals surface area contributed by atoms with Crippen molar-refractivity contribution in [3.8, 4) is 0 Å². The molecule has 2 atom stereocenters. The Bertz CT molecular complexity index is 513. The van der Waals surface area contributed by atoms with Crippen LogP contribution in [0, 0.1) is 0 Å². The fourth-order valence-electron chi connectivity index (χ4n) is 2.98. The molecule has 2 aliphatic carbocycles. The van der Waals surface area contributed by atoms with Crippen LogP contribution in [-0.2, 0) is 4.79 Å². The molecule has 0 saturated heterocycles. The lowest BCUT2D eigenvalue weighted by molar-refractivity contribution is -0.128. The highest BCUT2D eigenvalue weighted by Crippen LogP contribution is 2.31. The van der Waals surface area contributed by atoms with Gasteiger partial charge in [0.25, 0.3) is 0 Å². The Morgan fingerprint density at radius 2 is 1.27 bits per heavy atom. The van der Waals surface area contributed by atoms with Crippen molar-refractivity contribution in [2.24, 2.45) is 0 Å². The summed E-state index contributed by atoms with van der Waals surface area (Å²) in [5.41, 5.74) is 0.708. The van der Waals surface area contributed by atoms with Crippen LogP contribution in [0.4, 0.5) is 0 Å². The zero-order valence-corrected chi connectivity index (χ0v) is 13.8. The average Bonchev–Trinajstić information content (AvgIpc) is 2.61. The van der Waals surface area contributed by atoms with Crippen molar-refractivity contribution in [2.75, 3.05) is 28.2 Å². The van der Waals surface area contributed by atoms with Crippen LogP contribution in [0.1, 0.15) is 12.8 Å². The maximum absolute atomic E-state index is 13.3. The Labute approximate surface area is 132 Å². The van der Waals surface area contributed by atoms with Crippen molar-refractivity contribution >= 4 is 5.78 Å². The van der Waals surface area contributed by atoms with E-state index in [-0.39, 0.29) is 5.78 Å². The van der Waals surface area contributed by atoms with Gasteiger partial charge in [0.15, 0.2) is 5.78 Å². The second-order valence-electron chi connectivity index (χ2n) is 5.67. The molecule has 0 amide bonds. The molecule has 0 aromatic rings. The predicted octanol–water partition coefficient (Wildman–Crippen LogP) is 0.598. The summed E-state index contributed by atoms with van der Waals surface area (Å²) in [7, 11) is 7.44. The summed E-state index contributed by atoms with van der Waals surface area (Å²) in [5, 5.41) is 12.7. The van der Waals surface area contributed by atoms with Crippen LogP contribution in [0.5, 0.6) is 0 Å². The van der Waals surface area contributed by atoms with Gasteiger partial charge in [0, 0.05) is 25.5 Å². The summed E-state index contributed by atoms with van der Waals surface area (Å²) in [6.07, 6.45) is 13.2. The lowest BCUT2D eigenvalue weighted by Gasteiger charge is -2.40. The topological polar surface area (TPSA) is 65.2 Å². The normalized spacial score (nSPS) is 30.5. The molecule has 5 nitrogen and oxygen atoms in total. The number of likely N-dealkylation sites (N-methyl/N-ethyl adjacent to an activating group) is 4. The van der Waals surface area contributed by atoms with E-state index in [0.717, 1.165) is 11.4 Å². The number of nitrogens with one attached hydrogen (secondary N) is 4. The van der Waals surface area contributed by atoms with Crippen LogP contribution in [0.25, 0.3) is 0 Å². The smallest absolute Gasteiger partial charge is 0.181 e. The zero-order valence-electron chi connectivity index (χ0n) is 13.8. The number of Topliss-reactive ketones (excluding diaryl/α,β-unsaturated/α-hetero) is 1. The molecule has 120 valence electrons. The first kappa shape index (κ1) is 16.5. The summed E-state index contributed by atoms with van der Waals surface area (Å²) in [6, 6.07) is 0. The highest BCUT2D eigenvalue weighted by molar-refractivity contribution is 6.01. The van der Waals surface area contributed by atoms with Crippen molar-refractivity contribution in [2.45, 2.75) is 23.9 Å². The largest absolute Gasteiger partial charge is 0.388 e. The first-order valence-electron chi connectivity index (χ1n) is 7.63. The van der Waals surface area contributed by atoms with Gasteiger partial charge in [-0.1, -0.05) is 24.3 Å². The van der Waals surface area contributed by atoms with Gasteiger partial charge in [-0.25, -0.2) is 0 Å². The van der Waals surface area contributed by atoms with E-state index in [1.54, 1.807) is 0 Å². The second kappa shape index (κ2) is 6.50. The van der Waals surface area contributed by atoms with Gasteiger partial charge in [-0.3, -0.25) is 4.79 Å². The van der Waals surface area contributed by atoms with E-state index in [1.165, 1.54) is 0 Å². The second-order valence-corrected chi connectivity index (χ2v) is 5.67. The third-order valence-electron chi connectivity index (χ3n) is 4.66. The molecule has 22 heavy (non-hydrogen) atoms. The van der Waals surface area contributed by atoms with Gasteiger partial charge in [0.05, 0.1) is 0 Å². The Kier molecular flexibility index (Phi) is 4.88. The third kappa shape index (κ3) is 2.74. The Hall–Kier alpha value is -1.85. The number of hydrogen-bond acceptors (Lipinski definition) is 5. The van der Waals surface area contributed by atoms with Gasteiger partial charge in [-0.2, -0.15) is 0 Å². The van der Waals surface area contributed by atoms with Gasteiger partial charge in [-0.15, -0.1) is 0 Å². The van der Waals surface area contributed by atoms with E-state index in [4.69, 9.17) is 0 Å². The minimum absolute atomic E-state index is 0.135. The average molecular weight is 302 g/mol. The first-order valence-corrected chi connectivity index (χ1v) is 7.63. The number of allylic oxidation sites excluding steroid dienone is 2. The van der Waals surface area contributed by atoms with Crippen LogP contribution in [0.15, 0.2) is 47.9 Å². The summed E-state index contributed by atoms with van der Waals surface area (Å²) in [5.74, 6) is 0.135. The molecule has 0 aromatic heterocycles. The van der Waals surface area contributed by atoms with Gasteiger partial charge >= 0.3 is 0 Å². The number of carbonyl (C=O) groups is 1. The molecule has 5 heteroatoms. The summed E-state index contributed by atoms with van der Waals surface area (Å²) in [4.78, 5) is 13.3. The molecule has 2 rings (SSSR count). The van der Waals surface area contributed by atoms with E-state index in [9.17, 15) is 4.79 Å². The molecule has 0 bridgehead atoms. The van der Waals surface area contributed by atoms with Gasteiger partial charge in [0.1, 0.15) is 11.1 Å². The van der Waals surface area contributed by atoms with E-state index in [0.29, 0.717) is 12.8 Å². The molecule has 0 saturated carbocycles. The van der Waals surface area contributed by atoms with Crippen LogP contribution in [0.3, 0.4) is 0 Å². The van der Waals surface area contributed by atoms with Crippen molar-refractivity contribution < 1.29 is 4.79 Å². The van der Waals surface area contributed by atoms with Crippen LogP contribution in [0.2, 0.25) is 0 Å². The Balaban J connectivity index is 2.29. The Morgan fingerprint density at radius 3 is 1.50 bits per heavy atom. The highest BCUT2D eigenvalue weighted by Gasteiger charge is 2.46. The highest BCUT2D eigenvalue weighted by atomic mass is 16.1. The van der Waals surface area contributed by atoms with Gasteiger partial charge in [-0.05, 0) is 39.1 Å². The Morgan fingerprint density at radius 1 is 0.864 bits per heavy atom. The van der Waals surface area contributed by atoms with Crippen LogP contribution in [-0.4, -0.2) is 45.1 Å². The van der Waals surface area contributed by atoms with E-state index in [2.05, 4.69) is 33.4 Å². The van der Waals surface area contributed by atoms with Crippen molar-refractivity contribution in [1.82, 2.24) is 21.3 Å². The number of hydrogen-bond donors (Lipinski definition) is 4. The molecule has 0 aliphatic heterocycles. The first-order chi connectivity index (χ1) is 10.6. The van der Waals surface area contributed by atoms with Crippen LogP contribution >= 0.6 is 0 Å². The van der Waals surface area contributed by atoms with Crippen molar-refractivity contribution in [3.05, 3.63) is 47.9 Å². The number of rotatable bonds is 6. The molecule has 0 spiro atoms. The fourth-order valence-corrected chi connectivity index (χ4v) is 2.98. The zero-order chi connectivity index (χ0) is 16.2. The maximum atomic E-state index is 13.3. The fraction of sp³-hybridized carbons (Fsp3) is 0.471. The minimum Gasteiger partial charge on any atom is -0.388 e. The van der Waals surface area contributed by atoms with E-state index in [1.807, 2.05) is 52.5 Å². The minimum atomic E-state index is -0.682. The molecular formula is C17H26N4O. The molecule has 2 unspecified atom stereocenters. The lowest BCUT2D eigenvalue weighted by Crippen LogP contribution is -2.63. The monoisotopic (exact) mass is 302 g/mol. The van der Waals surface area contributed by atoms with E-state index < -0.39 is 11.1 Å². The van der Waals surface area contributed by atoms with Gasteiger partial charge in [0.2, 0.25) is 0 Å². The molecular weight excluding hydrogens is 276 g/mol. The third-order valence-corrected chi connectivity index (χ3v) is 4.66. The summed E-state index contributed by atoms with van der Waals surface area (Å²) in [6.45, 7) is 0. The SMILES string of the molecule is CNC1=CCC(NC)(C(=O)C2(NC)C=CC(NC)=CC2)C=C1. The van der Waals surface area contributed by atoms with Crippen molar-refractivity contribution in [1.29, 1.82) is 0 Å². The lowest BCUT2D eigenvalue weighted by atomic mass is 9.73. The maximum Gasteiger partial charge on any atom is 0.181 e. The molecule has 4 N–H and O–H groups in total. The molecule has 0 aromatic carbocycles. The molecule has 0 heterocycles.